The van der Waals surface area contributed by atoms with Crippen LogP contribution in [0.3, 0.4) is 0 Å². The van der Waals surface area contributed by atoms with Gasteiger partial charge in [-0.05, 0) is 47.0 Å². The summed E-state index contributed by atoms with van der Waals surface area (Å²) in [7, 11) is 0. The number of hydrogen-bond donors (Lipinski definition) is 2. The number of amides is 1. The normalized spacial score (nSPS) is 23.2. The molecule has 1 heterocycles. The largest absolute Gasteiger partial charge is 0.338 e. The molecule has 1 unspecified atom stereocenters. The second kappa shape index (κ2) is 6.44. The van der Waals surface area contributed by atoms with Crippen LogP contribution in [-0.2, 0) is 4.79 Å². The second-order valence-electron chi connectivity index (χ2n) is 7.85. The highest BCUT2D eigenvalue weighted by molar-refractivity contribution is 5.86. The summed E-state index contributed by atoms with van der Waals surface area (Å²) in [4.78, 5) is 14.4. The third-order valence-electron chi connectivity index (χ3n) is 3.76. The molecule has 0 aromatic heterocycles. The summed E-state index contributed by atoms with van der Waals surface area (Å²) in [5.41, 5.74) is -0.494. The molecule has 1 rings (SSSR count). The topological polar surface area (TPSA) is 44.4 Å². The summed E-state index contributed by atoms with van der Waals surface area (Å²) in [6.45, 7) is 17.4. The van der Waals surface area contributed by atoms with Crippen molar-refractivity contribution in [1.82, 2.24) is 15.5 Å². The first-order valence-corrected chi connectivity index (χ1v) is 7.85. The Balaban J connectivity index is 2.48. The summed E-state index contributed by atoms with van der Waals surface area (Å²) in [5.74, 6) is 0.909. The van der Waals surface area contributed by atoms with Crippen molar-refractivity contribution in [2.45, 2.75) is 72.0 Å². The molecule has 1 aliphatic heterocycles. The fourth-order valence-electron chi connectivity index (χ4n) is 3.30. The van der Waals surface area contributed by atoms with Crippen LogP contribution in [-0.4, -0.2) is 47.6 Å². The second-order valence-corrected chi connectivity index (χ2v) is 7.85. The highest BCUT2D eigenvalue weighted by atomic mass is 16.2. The predicted molar refractivity (Wildman–Crippen MR) is 84.8 cm³/mol. The quantitative estimate of drug-likeness (QED) is 0.783. The number of carbonyl (C=O) groups is 1. The van der Waals surface area contributed by atoms with E-state index in [1.54, 1.807) is 0 Å². The molecule has 1 amide bonds. The lowest BCUT2D eigenvalue weighted by Gasteiger charge is -2.47. The molecule has 0 radical (unpaired) electrons. The molecule has 0 spiro atoms. The lowest BCUT2D eigenvalue weighted by atomic mass is 9.90. The maximum Gasteiger partial charge on any atom is 0.242 e. The average molecular weight is 283 g/mol. The summed E-state index contributed by atoms with van der Waals surface area (Å²) in [6.07, 6.45) is 1.17. The molecule has 2 N–H and O–H groups in total. The maximum atomic E-state index is 12.4. The summed E-state index contributed by atoms with van der Waals surface area (Å²) >= 11 is 0. The van der Waals surface area contributed by atoms with Gasteiger partial charge in [0.1, 0.15) is 0 Å². The highest BCUT2D eigenvalue weighted by Gasteiger charge is 2.42. The van der Waals surface area contributed by atoms with Crippen LogP contribution in [0.5, 0.6) is 0 Å². The van der Waals surface area contributed by atoms with Crippen molar-refractivity contribution in [1.29, 1.82) is 0 Å². The predicted octanol–water partition coefficient (Wildman–Crippen LogP) is 2.00. The number of piperazine rings is 1. The van der Waals surface area contributed by atoms with Gasteiger partial charge < -0.3 is 10.2 Å². The summed E-state index contributed by atoms with van der Waals surface area (Å²) in [5, 5.41) is 6.95. The molecular weight excluding hydrogens is 250 g/mol. The van der Waals surface area contributed by atoms with Crippen LogP contribution in [0.15, 0.2) is 0 Å². The van der Waals surface area contributed by atoms with Crippen LogP contribution in [0.2, 0.25) is 0 Å². The summed E-state index contributed by atoms with van der Waals surface area (Å²) in [6, 6.07) is 0.508. The molecule has 118 valence electrons. The minimum Gasteiger partial charge on any atom is -0.338 e. The van der Waals surface area contributed by atoms with Crippen LogP contribution in [0.25, 0.3) is 0 Å². The minimum atomic E-state index is -0.467. The van der Waals surface area contributed by atoms with Crippen LogP contribution >= 0.6 is 0 Å². The van der Waals surface area contributed by atoms with Crippen molar-refractivity contribution < 1.29 is 4.79 Å². The lowest BCUT2D eigenvalue weighted by molar-refractivity contribution is -0.143. The number of hydrogen-bond acceptors (Lipinski definition) is 3. The Hall–Kier alpha value is -0.610. The Bertz CT molecular complexity index is 337. The molecule has 4 heteroatoms. The van der Waals surface area contributed by atoms with Gasteiger partial charge in [-0.1, -0.05) is 13.8 Å². The fourth-order valence-corrected chi connectivity index (χ4v) is 3.30. The molecule has 1 saturated heterocycles. The van der Waals surface area contributed by atoms with E-state index in [4.69, 9.17) is 0 Å². The Kier molecular flexibility index (Phi) is 5.61. The van der Waals surface area contributed by atoms with Crippen molar-refractivity contribution >= 4 is 5.91 Å². The minimum absolute atomic E-state index is 0.0268. The van der Waals surface area contributed by atoms with Crippen LogP contribution in [0.1, 0.15) is 54.9 Å². The molecule has 0 bridgehead atoms. The van der Waals surface area contributed by atoms with Gasteiger partial charge in [-0.15, -0.1) is 0 Å². The van der Waals surface area contributed by atoms with E-state index in [-0.39, 0.29) is 11.4 Å². The van der Waals surface area contributed by atoms with E-state index in [2.05, 4.69) is 45.3 Å². The van der Waals surface area contributed by atoms with Crippen LogP contribution in [0, 0.1) is 5.92 Å². The van der Waals surface area contributed by atoms with Crippen molar-refractivity contribution in [2.24, 2.45) is 5.92 Å². The van der Waals surface area contributed by atoms with Gasteiger partial charge in [0.15, 0.2) is 0 Å². The van der Waals surface area contributed by atoms with E-state index in [0.717, 1.165) is 19.6 Å². The van der Waals surface area contributed by atoms with Gasteiger partial charge in [-0.2, -0.15) is 0 Å². The molecule has 1 fully saturated rings. The molecule has 0 aromatic rings. The van der Waals surface area contributed by atoms with Crippen LogP contribution in [0.4, 0.5) is 0 Å². The molecule has 0 aliphatic carbocycles. The molecule has 4 nitrogen and oxygen atoms in total. The molecular formula is C16H33N3O. The highest BCUT2D eigenvalue weighted by Crippen LogP contribution is 2.21. The van der Waals surface area contributed by atoms with E-state index in [9.17, 15) is 4.79 Å². The molecule has 0 aromatic carbocycles. The average Bonchev–Trinajstić information content (AvgIpc) is 2.22. The van der Waals surface area contributed by atoms with E-state index in [0.29, 0.717) is 12.0 Å². The van der Waals surface area contributed by atoms with E-state index < -0.39 is 5.54 Å². The van der Waals surface area contributed by atoms with E-state index >= 15 is 0 Å². The van der Waals surface area contributed by atoms with E-state index in [1.165, 1.54) is 6.42 Å². The third-order valence-corrected chi connectivity index (χ3v) is 3.76. The van der Waals surface area contributed by atoms with Gasteiger partial charge in [0.2, 0.25) is 5.91 Å². The SMILES string of the molecule is CC(C)CC(C)NCCN1CC(C)(C)NC(C)(C)C1=O. The van der Waals surface area contributed by atoms with Gasteiger partial charge in [0.25, 0.3) is 0 Å². The maximum absolute atomic E-state index is 12.4. The molecule has 1 aliphatic rings. The number of nitrogens with one attached hydrogen (secondary N) is 2. The number of carbonyl (C=O) groups excluding carboxylic acids is 1. The van der Waals surface area contributed by atoms with Gasteiger partial charge in [-0.3, -0.25) is 10.1 Å². The summed E-state index contributed by atoms with van der Waals surface area (Å²) < 4.78 is 0. The lowest BCUT2D eigenvalue weighted by Crippen LogP contribution is -2.70. The zero-order valence-corrected chi connectivity index (χ0v) is 14.3. The van der Waals surface area contributed by atoms with Crippen molar-refractivity contribution in [3.8, 4) is 0 Å². The van der Waals surface area contributed by atoms with Crippen molar-refractivity contribution in [3.63, 3.8) is 0 Å². The fraction of sp³-hybridized carbons (Fsp3) is 0.938. The Morgan fingerprint density at radius 2 is 1.85 bits per heavy atom. The smallest absolute Gasteiger partial charge is 0.242 e. The molecule has 0 saturated carbocycles. The van der Waals surface area contributed by atoms with E-state index in [1.807, 2.05) is 18.7 Å². The molecule has 20 heavy (non-hydrogen) atoms. The zero-order chi connectivity index (χ0) is 15.6. The van der Waals surface area contributed by atoms with Crippen molar-refractivity contribution in [3.05, 3.63) is 0 Å². The Labute approximate surface area is 124 Å². The zero-order valence-electron chi connectivity index (χ0n) is 14.3. The first-order chi connectivity index (χ1) is 9.03. The standard InChI is InChI=1S/C16H33N3O/c1-12(2)10-13(3)17-8-9-19-11-15(4,5)18-16(6,7)14(19)20/h12-13,17-18H,8-11H2,1-7H3. The Morgan fingerprint density at radius 1 is 1.25 bits per heavy atom. The first-order valence-electron chi connectivity index (χ1n) is 7.85. The van der Waals surface area contributed by atoms with Crippen molar-refractivity contribution in [2.75, 3.05) is 19.6 Å². The van der Waals surface area contributed by atoms with Gasteiger partial charge in [0, 0.05) is 31.2 Å². The number of nitrogens with zero attached hydrogens (tertiary/aromatic N) is 1. The van der Waals surface area contributed by atoms with Gasteiger partial charge in [0.05, 0.1) is 5.54 Å². The Morgan fingerprint density at radius 3 is 2.40 bits per heavy atom. The first kappa shape index (κ1) is 17.4. The molecule has 1 atom stereocenters. The third kappa shape index (κ3) is 5.06. The van der Waals surface area contributed by atoms with Gasteiger partial charge >= 0.3 is 0 Å². The monoisotopic (exact) mass is 283 g/mol. The number of rotatable bonds is 6. The van der Waals surface area contributed by atoms with Crippen LogP contribution < -0.4 is 10.6 Å². The van der Waals surface area contributed by atoms with Gasteiger partial charge in [-0.25, -0.2) is 0 Å².